The number of Topliss-reactive ketones (excluding diaryl/α,β-unsaturated/α-hetero) is 1. The van der Waals surface area contributed by atoms with Crippen LogP contribution in [0.1, 0.15) is 29.6 Å². The van der Waals surface area contributed by atoms with Crippen molar-refractivity contribution in [2.45, 2.75) is 31.0 Å². The van der Waals surface area contributed by atoms with Gasteiger partial charge in [0.05, 0.1) is 18.1 Å². The van der Waals surface area contributed by atoms with E-state index in [-0.39, 0.29) is 17.5 Å². The van der Waals surface area contributed by atoms with E-state index >= 15 is 0 Å². The third-order valence-electron chi connectivity index (χ3n) is 3.58. The van der Waals surface area contributed by atoms with E-state index in [0.717, 1.165) is 12.8 Å². The number of ether oxygens (including phenoxy) is 2. The van der Waals surface area contributed by atoms with E-state index in [1.165, 1.54) is 0 Å². The SMILES string of the molecule is COC1CC2(CC(=O)c3cc(Cl)ccc3O2)C1. The van der Waals surface area contributed by atoms with Crippen molar-refractivity contribution in [3.63, 3.8) is 0 Å². The number of carbonyl (C=O) groups excluding carboxylic acids is 1. The van der Waals surface area contributed by atoms with Crippen molar-refractivity contribution < 1.29 is 14.3 Å². The van der Waals surface area contributed by atoms with E-state index in [9.17, 15) is 4.79 Å². The second-order valence-corrected chi connectivity index (χ2v) is 5.23. The summed E-state index contributed by atoms with van der Waals surface area (Å²) in [6.45, 7) is 0. The molecule has 4 heteroatoms. The highest BCUT2D eigenvalue weighted by atomic mass is 35.5. The van der Waals surface area contributed by atoms with Gasteiger partial charge in [0, 0.05) is 25.0 Å². The number of methoxy groups -OCH3 is 1. The first-order valence-electron chi connectivity index (χ1n) is 5.66. The largest absolute Gasteiger partial charge is 0.486 e. The maximum atomic E-state index is 12.1. The van der Waals surface area contributed by atoms with Crippen LogP contribution in [0.2, 0.25) is 5.02 Å². The summed E-state index contributed by atoms with van der Waals surface area (Å²) < 4.78 is 11.2. The first kappa shape index (κ1) is 11.1. The van der Waals surface area contributed by atoms with Gasteiger partial charge in [0.15, 0.2) is 5.78 Å². The van der Waals surface area contributed by atoms with E-state index in [2.05, 4.69) is 0 Å². The molecule has 1 aliphatic heterocycles. The molecule has 1 spiro atoms. The average molecular weight is 253 g/mol. The molecule has 17 heavy (non-hydrogen) atoms. The number of hydrogen-bond donors (Lipinski definition) is 0. The number of benzene rings is 1. The second kappa shape index (κ2) is 3.72. The van der Waals surface area contributed by atoms with Crippen molar-refractivity contribution in [2.24, 2.45) is 0 Å². The Balaban J connectivity index is 1.89. The second-order valence-electron chi connectivity index (χ2n) is 4.79. The van der Waals surface area contributed by atoms with Gasteiger partial charge in [0.25, 0.3) is 0 Å². The Hall–Kier alpha value is -1.06. The van der Waals surface area contributed by atoms with E-state index in [1.807, 2.05) is 0 Å². The van der Waals surface area contributed by atoms with Crippen LogP contribution < -0.4 is 4.74 Å². The number of ketones is 1. The Labute approximate surface area is 105 Å². The molecular weight excluding hydrogens is 240 g/mol. The topological polar surface area (TPSA) is 35.5 Å². The van der Waals surface area contributed by atoms with Crippen LogP contribution in [0, 0.1) is 0 Å². The van der Waals surface area contributed by atoms with Crippen LogP contribution in [-0.4, -0.2) is 24.6 Å². The van der Waals surface area contributed by atoms with E-state index < -0.39 is 0 Å². The number of fused-ring (bicyclic) bond motifs is 1. The molecule has 1 aliphatic carbocycles. The zero-order valence-corrected chi connectivity index (χ0v) is 10.3. The molecule has 3 rings (SSSR count). The van der Waals surface area contributed by atoms with Gasteiger partial charge in [-0.05, 0) is 18.2 Å². The van der Waals surface area contributed by atoms with Crippen molar-refractivity contribution in [1.82, 2.24) is 0 Å². The molecule has 90 valence electrons. The molecule has 0 radical (unpaired) electrons. The Morgan fingerprint density at radius 1 is 1.47 bits per heavy atom. The average Bonchev–Trinajstić information content (AvgIpc) is 2.26. The Morgan fingerprint density at radius 3 is 2.94 bits per heavy atom. The summed E-state index contributed by atoms with van der Waals surface area (Å²) in [5.41, 5.74) is 0.266. The van der Waals surface area contributed by atoms with Gasteiger partial charge < -0.3 is 9.47 Å². The zero-order valence-electron chi connectivity index (χ0n) is 9.53. The molecule has 3 nitrogen and oxygen atoms in total. The molecule has 1 aromatic carbocycles. The molecule has 2 aliphatic rings. The van der Waals surface area contributed by atoms with Gasteiger partial charge in [-0.2, -0.15) is 0 Å². The molecule has 0 bridgehead atoms. The normalized spacial score (nSPS) is 30.7. The molecule has 0 unspecified atom stereocenters. The lowest BCUT2D eigenvalue weighted by Crippen LogP contribution is -2.55. The molecule has 0 amide bonds. The molecule has 0 atom stereocenters. The van der Waals surface area contributed by atoms with E-state index in [4.69, 9.17) is 21.1 Å². The molecule has 1 aromatic rings. The van der Waals surface area contributed by atoms with E-state index in [0.29, 0.717) is 22.8 Å². The van der Waals surface area contributed by atoms with Gasteiger partial charge in [-0.1, -0.05) is 11.6 Å². The fourth-order valence-corrected chi connectivity index (χ4v) is 2.80. The van der Waals surface area contributed by atoms with Crippen molar-refractivity contribution >= 4 is 17.4 Å². The fraction of sp³-hybridized carbons (Fsp3) is 0.462. The molecule has 1 fully saturated rings. The van der Waals surface area contributed by atoms with Crippen LogP contribution in [0.15, 0.2) is 18.2 Å². The van der Waals surface area contributed by atoms with Crippen LogP contribution in [0.3, 0.4) is 0 Å². The minimum Gasteiger partial charge on any atom is -0.486 e. The van der Waals surface area contributed by atoms with Gasteiger partial charge >= 0.3 is 0 Å². The number of halogens is 1. The standard InChI is InChI=1S/C13H13ClO3/c1-16-9-5-13(6-9)7-11(15)10-4-8(14)2-3-12(10)17-13/h2-4,9H,5-7H2,1H3. The molecule has 0 saturated heterocycles. The van der Waals surface area contributed by atoms with Crippen molar-refractivity contribution in [3.05, 3.63) is 28.8 Å². The van der Waals surface area contributed by atoms with Crippen molar-refractivity contribution in [3.8, 4) is 5.75 Å². The predicted molar refractivity (Wildman–Crippen MR) is 63.8 cm³/mol. The van der Waals surface area contributed by atoms with Crippen LogP contribution in [0.25, 0.3) is 0 Å². The molecule has 1 heterocycles. The minimum atomic E-state index is -0.335. The Morgan fingerprint density at radius 2 is 2.24 bits per heavy atom. The predicted octanol–water partition coefficient (Wildman–Crippen LogP) is 2.85. The molecular formula is C13H13ClO3. The maximum Gasteiger partial charge on any atom is 0.170 e. The molecule has 1 saturated carbocycles. The van der Waals surface area contributed by atoms with Crippen LogP contribution in [-0.2, 0) is 4.74 Å². The third-order valence-corrected chi connectivity index (χ3v) is 3.82. The van der Waals surface area contributed by atoms with Gasteiger partial charge in [-0.3, -0.25) is 4.79 Å². The Bertz CT molecular complexity index is 478. The summed E-state index contributed by atoms with van der Waals surface area (Å²) >= 11 is 5.88. The summed E-state index contributed by atoms with van der Waals surface area (Å²) in [7, 11) is 1.69. The number of carbonyl (C=O) groups is 1. The zero-order chi connectivity index (χ0) is 12.0. The summed E-state index contributed by atoms with van der Waals surface area (Å²) in [4.78, 5) is 12.1. The van der Waals surface area contributed by atoms with Crippen LogP contribution in [0.5, 0.6) is 5.75 Å². The van der Waals surface area contributed by atoms with Gasteiger partial charge in [-0.25, -0.2) is 0 Å². The summed E-state index contributed by atoms with van der Waals surface area (Å²) in [5.74, 6) is 0.767. The monoisotopic (exact) mass is 252 g/mol. The van der Waals surface area contributed by atoms with Crippen molar-refractivity contribution in [2.75, 3.05) is 7.11 Å². The van der Waals surface area contributed by atoms with Gasteiger partial charge in [0.2, 0.25) is 0 Å². The first-order chi connectivity index (χ1) is 8.12. The maximum absolute atomic E-state index is 12.1. The van der Waals surface area contributed by atoms with Gasteiger partial charge in [-0.15, -0.1) is 0 Å². The lowest BCUT2D eigenvalue weighted by Gasteiger charge is -2.48. The van der Waals surface area contributed by atoms with Crippen LogP contribution >= 0.6 is 11.6 Å². The summed E-state index contributed by atoms with van der Waals surface area (Å²) in [6.07, 6.45) is 2.23. The third kappa shape index (κ3) is 1.74. The fourth-order valence-electron chi connectivity index (χ4n) is 2.63. The highest BCUT2D eigenvalue weighted by Gasteiger charge is 2.51. The quantitative estimate of drug-likeness (QED) is 0.771. The summed E-state index contributed by atoms with van der Waals surface area (Å²) in [6, 6.07) is 5.20. The lowest BCUT2D eigenvalue weighted by atomic mass is 9.72. The van der Waals surface area contributed by atoms with Crippen LogP contribution in [0.4, 0.5) is 0 Å². The van der Waals surface area contributed by atoms with E-state index in [1.54, 1.807) is 25.3 Å². The number of rotatable bonds is 1. The lowest BCUT2D eigenvalue weighted by molar-refractivity contribution is -0.112. The van der Waals surface area contributed by atoms with Gasteiger partial charge in [0.1, 0.15) is 11.4 Å². The molecule has 0 aromatic heterocycles. The highest BCUT2D eigenvalue weighted by molar-refractivity contribution is 6.31. The highest BCUT2D eigenvalue weighted by Crippen LogP contribution is 2.46. The smallest absolute Gasteiger partial charge is 0.170 e. The van der Waals surface area contributed by atoms with Crippen molar-refractivity contribution in [1.29, 1.82) is 0 Å². The number of hydrogen-bond acceptors (Lipinski definition) is 3. The minimum absolute atomic E-state index is 0.114. The summed E-state index contributed by atoms with van der Waals surface area (Å²) in [5, 5.41) is 0.569. The first-order valence-corrected chi connectivity index (χ1v) is 6.04. The Kier molecular flexibility index (Phi) is 2.42. The molecule has 0 N–H and O–H groups in total.